The Hall–Kier alpha value is -1.26. The lowest BCUT2D eigenvalue weighted by molar-refractivity contribution is 0.104. The van der Waals surface area contributed by atoms with Crippen LogP contribution in [0.4, 0.5) is 5.69 Å². The second-order valence-corrected chi connectivity index (χ2v) is 6.31. The molecule has 3 N–H and O–H groups in total. The van der Waals surface area contributed by atoms with Crippen molar-refractivity contribution in [2.75, 3.05) is 18.0 Å². The number of nitrogens with two attached hydrogens (primary N) is 1. The lowest BCUT2D eigenvalue weighted by atomic mass is 10.00. The Morgan fingerprint density at radius 3 is 2.75 bits per heavy atom. The average molecular weight is 278 g/mol. The van der Waals surface area contributed by atoms with Gasteiger partial charge in [0.05, 0.1) is 18.3 Å². The van der Waals surface area contributed by atoms with Gasteiger partial charge in [-0.25, -0.2) is 0 Å². The van der Waals surface area contributed by atoms with E-state index in [0.717, 1.165) is 36.5 Å². The molecule has 2 rings (SSSR count). The van der Waals surface area contributed by atoms with Gasteiger partial charge in [0, 0.05) is 12.6 Å². The Labute approximate surface area is 121 Å². The lowest BCUT2D eigenvalue weighted by Crippen LogP contribution is -2.47. The number of aliphatic hydroxyl groups is 1. The van der Waals surface area contributed by atoms with E-state index in [1.807, 2.05) is 25.1 Å². The summed E-state index contributed by atoms with van der Waals surface area (Å²) in [6.45, 7) is 10.0. The van der Waals surface area contributed by atoms with Gasteiger partial charge in [-0.2, -0.15) is 0 Å². The predicted molar refractivity (Wildman–Crippen MR) is 82.3 cm³/mol. The molecule has 1 aromatic carbocycles. The molecule has 0 aromatic heterocycles. The molecule has 0 radical (unpaired) electrons. The van der Waals surface area contributed by atoms with Crippen LogP contribution in [-0.4, -0.2) is 29.8 Å². The molecule has 0 spiro atoms. The standard InChI is InChI=1S/C16H26N2O2/c1-5-8-18-10-16(3,4)20-14-7-6-12(9-13(14)18)15(19)11(2)17/h6-7,9,11,15,19H,5,8,10,17H2,1-4H3. The van der Waals surface area contributed by atoms with E-state index in [1.165, 1.54) is 0 Å². The van der Waals surface area contributed by atoms with Gasteiger partial charge in [-0.05, 0) is 44.9 Å². The average Bonchev–Trinajstić information content (AvgIpc) is 2.36. The first-order valence-electron chi connectivity index (χ1n) is 7.35. The maximum absolute atomic E-state index is 10.1. The van der Waals surface area contributed by atoms with Crippen LogP contribution >= 0.6 is 0 Å². The Morgan fingerprint density at radius 1 is 1.45 bits per heavy atom. The summed E-state index contributed by atoms with van der Waals surface area (Å²) in [4.78, 5) is 2.33. The number of fused-ring (bicyclic) bond motifs is 1. The summed E-state index contributed by atoms with van der Waals surface area (Å²) in [5.41, 5.74) is 7.50. The van der Waals surface area contributed by atoms with Crippen LogP contribution in [-0.2, 0) is 0 Å². The second-order valence-electron chi connectivity index (χ2n) is 6.31. The molecule has 1 aliphatic heterocycles. The molecule has 1 aromatic rings. The van der Waals surface area contributed by atoms with E-state index in [2.05, 4.69) is 25.7 Å². The zero-order chi connectivity index (χ0) is 14.9. The fraction of sp³-hybridized carbons (Fsp3) is 0.625. The first-order chi connectivity index (χ1) is 9.34. The van der Waals surface area contributed by atoms with Gasteiger partial charge in [-0.3, -0.25) is 0 Å². The van der Waals surface area contributed by atoms with Crippen molar-refractivity contribution in [3.8, 4) is 5.75 Å². The van der Waals surface area contributed by atoms with Gasteiger partial charge in [0.25, 0.3) is 0 Å². The van der Waals surface area contributed by atoms with E-state index in [1.54, 1.807) is 0 Å². The molecule has 1 aliphatic rings. The summed E-state index contributed by atoms with van der Waals surface area (Å²) in [6, 6.07) is 5.57. The van der Waals surface area contributed by atoms with Gasteiger partial charge in [0.1, 0.15) is 11.4 Å². The Bertz CT molecular complexity index is 472. The minimum absolute atomic E-state index is 0.191. The molecular weight excluding hydrogens is 252 g/mol. The molecule has 2 atom stereocenters. The second kappa shape index (κ2) is 5.62. The Morgan fingerprint density at radius 2 is 2.15 bits per heavy atom. The van der Waals surface area contributed by atoms with Crippen molar-refractivity contribution in [3.05, 3.63) is 23.8 Å². The zero-order valence-electron chi connectivity index (χ0n) is 12.9. The highest BCUT2D eigenvalue weighted by atomic mass is 16.5. The number of hydrogen-bond acceptors (Lipinski definition) is 4. The zero-order valence-corrected chi connectivity index (χ0v) is 12.9. The highest BCUT2D eigenvalue weighted by molar-refractivity contribution is 5.62. The SMILES string of the molecule is CCCN1CC(C)(C)Oc2ccc(C(O)C(C)N)cc21. The van der Waals surface area contributed by atoms with Gasteiger partial charge in [0.15, 0.2) is 0 Å². The van der Waals surface area contributed by atoms with Crippen molar-refractivity contribution in [1.82, 2.24) is 0 Å². The van der Waals surface area contributed by atoms with Crippen LogP contribution in [0.15, 0.2) is 18.2 Å². The molecule has 20 heavy (non-hydrogen) atoms. The quantitative estimate of drug-likeness (QED) is 0.888. The van der Waals surface area contributed by atoms with Crippen molar-refractivity contribution >= 4 is 5.69 Å². The molecule has 0 bridgehead atoms. The maximum Gasteiger partial charge on any atom is 0.143 e. The number of benzene rings is 1. The van der Waals surface area contributed by atoms with Crippen molar-refractivity contribution < 1.29 is 9.84 Å². The Balaban J connectivity index is 2.38. The molecule has 2 unspecified atom stereocenters. The number of aliphatic hydroxyl groups excluding tert-OH is 1. The number of nitrogens with zero attached hydrogens (tertiary/aromatic N) is 1. The van der Waals surface area contributed by atoms with Crippen molar-refractivity contribution in [1.29, 1.82) is 0 Å². The first-order valence-corrected chi connectivity index (χ1v) is 7.35. The van der Waals surface area contributed by atoms with E-state index < -0.39 is 6.10 Å². The van der Waals surface area contributed by atoms with Crippen LogP contribution in [0, 0.1) is 0 Å². The van der Waals surface area contributed by atoms with Gasteiger partial charge in [-0.15, -0.1) is 0 Å². The topological polar surface area (TPSA) is 58.7 Å². The van der Waals surface area contributed by atoms with Crippen LogP contribution in [0.2, 0.25) is 0 Å². The first kappa shape index (κ1) is 15.1. The summed E-state index contributed by atoms with van der Waals surface area (Å²) in [7, 11) is 0. The van der Waals surface area contributed by atoms with E-state index in [0.29, 0.717) is 0 Å². The van der Waals surface area contributed by atoms with Crippen molar-refractivity contribution in [3.63, 3.8) is 0 Å². The summed E-state index contributed by atoms with van der Waals surface area (Å²) in [5, 5.41) is 10.1. The fourth-order valence-electron chi connectivity index (χ4n) is 2.70. The van der Waals surface area contributed by atoms with Crippen molar-refractivity contribution in [2.45, 2.75) is 51.9 Å². The van der Waals surface area contributed by atoms with Crippen LogP contribution in [0.1, 0.15) is 45.8 Å². The monoisotopic (exact) mass is 278 g/mol. The largest absolute Gasteiger partial charge is 0.484 e. The van der Waals surface area contributed by atoms with E-state index in [4.69, 9.17) is 10.5 Å². The lowest BCUT2D eigenvalue weighted by Gasteiger charge is -2.41. The maximum atomic E-state index is 10.1. The molecule has 1 heterocycles. The van der Waals surface area contributed by atoms with Gasteiger partial charge >= 0.3 is 0 Å². The van der Waals surface area contributed by atoms with Crippen LogP contribution in [0.5, 0.6) is 5.75 Å². The Kier molecular flexibility index (Phi) is 4.25. The highest BCUT2D eigenvalue weighted by Crippen LogP contribution is 2.38. The van der Waals surface area contributed by atoms with Crippen LogP contribution < -0.4 is 15.4 Å². The molecule has 0 amide bonds. The highest BCUT2D eigenvalue weighted by Gasteiger charge is 2.31. The molecule has 4 heteroatoms. The number of ether oxygens (including phenoxy) is 1. The summed E-state index contributed by atoms with van der Waals surface area (Å²) in [6.07, 6.45) is 0.439. The van der Waals surface area contributed by atoms with Crippen molar-refractivity contribution in [2.24, 2.45) is 5.73 Å². The minimum Gasteiger partial charge on any atom is -0.484 e. The van der Waals surface area contributed by atoms with Crippen LogP contribution in [0.25, 0.3) is 0 Å². The van der Waals surface area contributed by atoms with Crippen LogP contribution in [0.3, 0.4) is 0 Å². The normalized spacial score (nSPS) is 20.0. The van der Waals surface area contributed by atoms with E-state index >= 15 is 0 Å². The number of anilines is 1. The minimum atomic E-state index is -0.640. The van der Waals surface area contributed by atoms with Gasteiger partial charge < -0.3 is 20.5 Å². The van der Waals surface area contributed by atoms with Gasteiger partial charge in [-0.1, -0.05) is 13.0 Å². The molecular formula is C16H26N2O2. The summed E-state index contributed by atoms with van der Waals surface area (Å²) < 4.78 is 6.04. The molecule has 112 valence electrons. The molecule has 0 fully saturated rings. The smallest absolute Gasteiger partial charge is 0.143 e. The number of hydrogen-bond donors (Lipinski definition) is 2. The summed E-state index contributed by atoms with van der Waals surface area (Å²) >= 11 is 0. The molecule has 0 saturated heterocycles. The predicted octanol–water partition coefficient (Wildman–Crippen LogP) is 2.45. The molecule has 0 saturated carbocycles. The molecule has 0 aliphatic carbocycles. The third-order valence-corrected chi connectivity index (χ3v) is 3.61. The van der Waals surface area contributed by atoms with E-state index in [9.17, 15) is 5.11 Å². The molecule has 4 nitrogen and oxygen atoms in total. The number of rotatable bonds is 4. The fourth-order valence-corrected chi connectivity index (χ4v) is 2.70. The third-order valence-electron chi connectivity index (χ3n) is 3.61. The van der Waals surface area contributed by atoms with E-state index in [-0.39, 0.29) is 11.6 Å². The third kappa shape index (κ3) is 3.07. The summed E-state index contributed by atoms with van der Waals surface area (Å²) in [5.74, 6) is 0.885. The van der Waals surface area contributed by atoms with Gasteiger partial charge in [0.2, 0.25) is 0 Å².